The van der Waals surface area contributed by atoms with Crippen LogP contribution in [0.5, 0.6) is 0 Å². The average Bonchev–Trinajstić information content (AvgIpc) is 3.34. The van der Waals surface area contributed by atoms with Crippen LogP contribution in [0.1, 0.15) is 271 Å². The molecule has 0 aromatic rings. The monoisotopic (exact) mass is 947 g/mol. The van der Waals surface area contributed by atoms with Crippen molar-refractivity contribution < 1.29 is 28.6 Å². The predicted octanol–water partition coefficient (Wildman–Crippen LogP) is 19.2. The van der Waals surface area contributed by atoms with E-state index in [1.54, 1.807) is 0 Å². The summed E-state index contributed by atoms with van der Waals surface area (Å²) in [6.45, 7) is 6.40. The lowest BCUT2D eigenvalue weighted by Crippen LogP contribution is -2.30. The number of unbranched alkanes of at least 4 members (excludes halogenated alkanes) is 26. The second-order valence-electron chi connectivity index (χ2n) is 18.8. The highest BCUT2D eigenvalue weighted by atomic mass is 16.6. The summed E-state index contributed by atoms with van der Waals surface area (Å²) in [5, 5.41) is 0. The highest BCUT2D eigenvalue weighted by molar-refractivity contribution is 5.71. The number of hydrogen-bond donors (Lipinski definition) is 0. The van der Waals surface area contributed by atoms with Gasteiger partial charge in [0.05, 0.1) is 0 Å². The predicted molar refractivity (Wildman–Crippen MR) is 293 cm³/mol. The number of esters is 3. The van der Waals surface area contributed by atoms with Crippen molar-refractivity contribution in [3.8, 4) is 0 Å². The Morgan fingerprint density at radius 1 is 0.309 bits per heavy atom. The fourth-order valence-corrected chi connectivity index (χ4v) is 7.88. The van der Waals surface area contributed by atoms with Gasteiger partial charge in [-0.05, 0) is 109 Å². The molecule has 0 aliphatic carbocycles. The van der Waals surface area contributed by atoms with Crippen LogP contribution in [0.15, 0.2) is 85.1 Å². The van der Waals surface area contributed by atoms with Gasteiger partial charge in [0.25, 0.3) is 0 Å². The lowest BCUT2D eigenvalue weighted by molar-refractivity contribution is -0.167. The Kier molecular flexibility index (Phi) is 53.4. The molecule has 0 saturated carbocycles. The first-order valence-corrected chi connectivity index (χ1v) is 28.6. The van der Waals surface area contributed by atoms with Crippen LogP contribution in [-0.2, 0) is 28.6 Å². The molecule has 6 heteroatoms. The molecule has 0 fully saturated rings. The zero-order valence-corrected chi connectivity index (χ0v) is 44.6. The van der Waals surface area contributed by atoms with E-state index in [1.165, 1.54) is 122 Å². The van der Waals surface area contributed by atoms with Crippen molar-refractivity contribution in [1.82, 2.24) is 0 Å². The first kappa shape index (κ1) is 64.6. The van der Waals surface area contributed by atoms with Gasteiger partial charge in [0.2, 0.25) is 0 Å². The summed E-state index contributed by atoms with van der Waals surface area (Å²) >= 11 is 0. The molecule has 6 nitrogen and oxygen atoms in total. The number of carbonyl (C=O) groups excluding carboxylic acids is 3. The topological polar surface area (TPSA) is 78.9 Å². The SMILES string of the molecule is CC/C=C\C/C=C\C/C=C\CCCCCCCCCCCC(=O)OCC(COC(=O)CCCCCCCCC/C=C\C/C=C\CC)OC(=O)CCCCCCCCC/C=C\C/C=C\CCCCC. The molecule has 0 saturated heterocycles. The molecule has 0 aliphatic heterocycles. The van der Waals surface area contributed by atoms with Gasteiger partial charge in [-0.15, -0.1) is 0 Å². The maximum absolute atomic E-state index is 12.9. The van der Waals surface area contributed by atoms with E-state index in [4.69, 9.17) is 14.2 Å². The standard InChI is InChI=1S/C62H106O6/c1-4-7-10-13-16-19-22-25-28-30-31-33-34-37-40-43-46-49-52-55-61(64)67-58-59(57-66-60(63)54-51-48-45-42-39-36-27-24-21-18-15-12-9-6-3)68-62(65)56-53-50-47-44-41-38-35-32-29-26-23-20-17-14-11-8-5-2/h7,9-10,12,16-21,25-26,28-29,59H,4-6,8,11,13-15,22-24,27,30-58H2,1-3H3/b10-7-,12-9-,19-16-,20-17-,21-18-,28-25-,29-26-. The number of carbonyl (C=O) groups is 3. The molecule has 0 heterocycles. The molecule has 0 rings (SSSR count). The molecule has 0 spiro atoms. The maximum atomic E-state index is 12.9. The van der Waals surface area contributed by atoms with Crippen LogP contribution in [0.4, 0.5) is 0 Å². The molecule has 68 heavy (non-hydrogen) atoms. The number of hydrogen-bond acceptors (Lipinski definition) is 6. The smallest absolute Gasteiger partial charge is 0.306 e. The molecule has 390 valence electrons. The van der Waals surface area contributed by atoms with Crippen molar-refractivity contribution >= 4 is 17.9 Å². The fraction of sp³-hybridized carbons (Fsp3) is 0.726. The minimum Gasteiger partial charge on any atom is -0.462 e. The van der Waals surface area contributed by atoms with Crippen LogP contribution < -0.4 is 0 Å². The Labute approximate surface area is 420 Å². The second-order valence-corrected chi connectivity index (χ2v) is 18.8. The number of allylic oxidation sites excluding steroid dienone is 14. The van der Waals surface area contributed by atoms with Gasteiger partial charge < -0.3 is 14.2 Å². The van der Waals surface area contributed by atoms with Gasteiger partial charge in [-0.1, -0.05) is 228 Å². The first-order valence-electron chi connectivity index (χ1n) is 28.6. The molecular weight excluding hydrogens is 841 g/mol. The summed E-state index contributed by atoms with van der Waals surface area (Å²) in [4.78, 5) is 38.2. The van der Waals surface area contributed by atoms with Crippen molar-refractivity contribution in [2.24, 2.45) is 0 Å². The Morgan fingerprint density at radius 3 is 0.897 bits per heavy atom. The first-order chi connectivity index (χ1) is 33.5. The third-order valence-electron chi connectivity index (χ3n) is 12.1. The van der Waals surface area contributed by atoms with Crippen molar-refractivity contribution in [2.75, 3.05) is 13.2 Å². The quantitative estimate of drug-likeness (QED) is 0.0262. The van der Waals surface area contributed by atoms with Gasteiger partial charge >= 0.3 is 17.9 Å². The Balaban J connectivity index is 4.39. The molecule has 1 atom stereocenters. The summed E-state index contributed by atoms with van der Waals surface area (Å²) in [7, 11) is 0. The van der Waals surface area contributed by atoms with Crippen LogP contribution in [0, 0.1) is 0 Å². The van der Waals surface area contributed by atoms with E-state index in [0.717, 1.165) is 109 Å². The van der Waals surface area contributed by atoms with Crippen LogP contribution in [0.25, 0.3) is 0 Å². The zero-order chi connectivity index (χ0) is 49.3. The zero-order valence-electron chi connectivity index (χ0n) is 44.6. The Hall–Kier alpha value is -3.41. The largest absolute Gasteiger partial charge is 0.462 e. The van der Waals surface area contributed by atoms with E-state index in [2.05, 4.69) is 106 Å². The third-order valence-corrected chi connectivity index (χ3v) is 12.1. The molecule has 0 bridgehead atoms. The summed E-state index contributed by atoms with van der Waals surface area (Å²) < 4.78 is 16.9. The highest BCUT2D eigenvalue weighted by Crippen LogP contribution is 2.15. The van der Waals surface area contributed by atoms with E-state index in [-0.39, 0.29) is 31.1 Å². The number of rotatable bonds is 51. The van der Waals surface area contributed by atoms with E-state index in [1.807, 2.05) is 0 Å². The molecule has 0 N–H and O–H groups in total. The lowest BCUT2D eigenvalue weighted by atomic mass is 10.1. The summed E-state index contributed by atoms with van der Waals surface area (Å²) in [6.07, 6.45) is 72.8. The third kappa shape index (κ3) is 53.5. The maximum Gasteiger partial charge on any atom is 0.306 e. The molecule has 0 radical (unpaired) electrons. The van der Waals surface area contributed by atoms with E-state index >= 15 is 0 Å². The summed E-state index contributed by atoms with van der Waals surface area (Å²) in [5.74, 6) is -0.901. The van der Waals surface area contributed by atoms with Crippen LogP contribution in [0.2, 0.25) is 0 Å². The van der Waals surface area contributed by atoms with Crippen LogP contribution in [0.3, 0.4) is 0 Å². The Bertz CT molecular complexity index is 1320. The van der Waals surface area contributed by atoms with E-state index in [9.17, 15) is 14.4 Å². The van der Waals surface area contributed by atoms with Gasteiger partial charge in [0.15, 0.2) is 6.10 Å². The Morgan fingerprint density at radius 2 is 0.574 bits per heavy atom. The van der Waals surface area contributed by atoms with Crippen molar-refractivity contribution in [3.63, 3.8) is 0 Å². The molecule has 1 unspecified atom stereocenters. The molecule has 0 aromatic carbocycles. The second kappa shape index (κ2) is 56.2. The fourth-order valence-electron chi connectivity index (χ4n) is 7.88. The molecule has 0 aromatic heterocycles. The van der Waals surface area contributed by atoms with E-state index < -0.39 is 6.10 Å². The highest BCUT2D eigenvalue weighted by Gasteiger charge is 2.19. The van der Waals surface area contributed by atoms with Gasteiger partial charge in [-0.3, -0.25) is 14.4 Å². The van der Waals surface area contributed by atoms with Gasteiger partial charge in [0, 0.05) is 19.3 Å². The van der Waals surface area contributed by atoms with Gasteiger partial charge in [-0.2, -0.15) is 0 Å². The van der Waals surface area contributed by atoms with Crippen molar-refractivity contribution in [2.45, 2.75) is 277 Å². The normalized spacial score (nSPS) is 12.7. The summed E-state index contributed by atoms with van der Waals surface area (Å²) in [6, 6.07) is 0. The number of ether oxygens (including phenoxy) is 3. The van der Waals surface area contributed by atoms with Gasteiger partial charge in [0.1, 0.15) is 13.2 Å². The van der Waals surface area contributed by atoms with Crippen molar-refractivity contribution in [3.05, 3.63) is 85.1 Å². The minimum atomic E-state index is -0.787. The van der Waals surface area contributed by atoms with Gasteiger partial charge in [-0.25, -0.2) is 0 Å². The average molecular weight is 948 g/mol. The molecule has 0 amide bonds. The lowest BCUT2D eigenvalue weighted by Gasteiger charge is -2.18. The molecular formula is C62H106O6. The minimum absolute atomic E-state index is 0.0851. The van der Waals surface area contributed by atoms with Crippen LogP contribution in [-0.4, -0.2) is 37.2 Å². The van der Waals surface area contributed by atoms with Crippen molar-refractivity contribution in [1.29, 1.82) is 0 Å². The van der Waals surface area contributed by atoms with E-state index in [0.29, 0.717) is 19.3 Å². The molecule has 0 aliphatic rings. The summed E-state index contributed by atoms with van der Waals surface area (Å²) in [5.41, 5.74) is 0. The van der Waals surface area contributed by atoms with Crippen LogP contribution >= 0.6 is 0 Å².